The van der Waals surface area contributed by atoms with Crippen molar-refractivity contribution >= 4 is 33.6 Å². The van der Waals surface area contributed by atoms with Crippen LogP contribution >= 0.6 is 0 Å². The zero-order valence-corrected chi connectivity index (χ0v) is 17.8. The van der Waals surface area contributed by atoms with Crippen LogP contribution < -0.4 is 21.9 Å². The second-order valence-electron chi connectivity index (χ2n) is 7.00. The summed E-state index contributed by atoms with van der Waals surface area (Å²) in [5.41, 5.74) is 14.3. The van der Waals surface area contributed by atoms with Gasteiger partial charge < -0.3 is 16.8 Å². The average Bonchev–Trinajstić information content (AvgIpc) is 2.77. The fourth-order valence-electron chi connectivity index (χ4n) is 3.05. The highest BCUT2D eigenvalue weighted by atomic mass is 32.2. The summed E-state index contributed by atoms with van der Waals surface area (Å²) in [4.78, 5) is 24.0. The summed E-state index contributed by atoms with van der Waals surface area (Å²) in [7, 11) is -3.85. The highest BCUT2D eigenvalue weighted by molar-refractivity contribution is 7.89. The van der Waals surface area contributed by atoms with Gasteiger partial charge in [-0.15, -0.1) is 0 Å². The van der Waals surface area contributed by atoms with Crippen molar-refractivity contribution in [2.75, 3.05) is 5.73 Å². The van der Waals surface area contributed by atoms with Crippen molar-refractivity contribution in [3.8, 4) is 11.1 Å². The number of hydrogen-bond acceptors (Lipinski definition) is 5. The number of primary amides is 1. The third-order valence-electron chi connectivity index (χ3n) is 4.70. The lowest BCUT2D eigenvalue weighted by molar-refractivity contribution is -0.116. The number of rotatable bonds is 7. The molecule has 0 aliphatic heterocycles. The molecule has 0 saturated carbocycles. The number of anilines is 1. The molecule has 0 radical (unpaired) electrons. The molecule has 0 atom stereocenters. The van der Waals surface area contributed by atoms with Crippen molar-refractivity contribution in [1.82, 2.24) is 5.32 Å². The zero-order valence-electron chi connectivity index (χ0n) is 17.0. The van der Waals surface area contributed by atoms with Crippen molar-refractivity contribution < 1.29 is 18.0 Å². The lowest BCUT2D eigenvalue weighted by Gasteiger charge is -2.12. The molecular formula is C23H22N4O4S. The van der Waals surface area contributed by atoms with Gasteiger partial charge in [0.05, 0.1) is 16.1 Å². The SMILES string of the molecule is NC(=O)c1cc(C=CC(=O)NCc2ccccc2)cc(-c2ccc(S(N)(=O)=O)cc2)c1N. The molecule has 3 aromatic rings. The minimum absolute atomic E-state index is 0.0546. The zero-order chi connectivity index (χ0) is 23.3. The number of nitrogens with one attached hydrogen (secondary N) is 1. The molecule has 0 aliphatic carbocycles. The molecular weight excluding hydrogens is 428 g/mol. The highest BCUT2D eigenvalue weighted by Gasteiger charge is 2.14. The van der Waals surface area contributed by atoms with Crippen LogP contribution in [0.25, 0.3) is 17.2 Å². The summed E-state index contributed by atoms with van der Waals surface area (Å²) in [6.45, 7) is 0.375. The second-order valence-corrected chi connectivity index (χ2v) is 8.56. The summed E-state index contributed by atoms with van der Waals surface area (Å²) in [6, 6.07) is 18.3. The van der Waals surface area contributed by atoms with E-state index in [0.717, 1.165) is 5.56 Å². The van der Waals surface area contributed by atoms with Crippen LogP contribution in [0.1, 0.15) is 21.5 Å². The molecule has 7 N–H and O–H groups in total. The molecule has 3 rings (SSSR count). The van der Waals surface area contributed by atoms with Crippen LogP contribution in [0.3, 0.4) is 0 Å². The van der Waals surface area contributed by atoms with Crippen LogP contribution in [0, 0.1) is 0 Å². The molecule has 0 aromatic heterocycles. The fourth-order valence-corrected chi connectivity index (χ4v) is 3.57. The van der Waals surface area contributed by atoms with Crippen LogP contribution in [0.2, 0.25) is 0 Å². The van der Waals surface area contributed by atoms with Crippen molar-refractivity contribution in [3.63, 3.8) is 0 Å². The maximum atomic E-state index is 12.2. The van der Waals surface area contributed by atoms with E-state index in [0.29, 0.717) is 23.2 Å². The van der Waals surface area contributed by atoms with Crippen LogP contribution in [0.5, 0.6) is 0 Å². The van der Waals surface area contributed by atoms with E-state index in [4.69, 9.17) is 16.6 Å². The summed E-state index contributed by atoms with van der Waals surface area (Å²) in [6.07, 6.45) is 2.88. The highest BCUT2D eigenvalue weighted by Crippen LogP contribution is 2.31. The van der Waals surface area contributed by atoms with Crippen LogP contribution in [0.4, 0.5) is 5.69 Å². The van der Waals surface area contributed by atoms with Crippen molar-refractivity contribution in [2.24, 2.45) is 10.9 Å². The molecule has 3 aromatic carbocycles. The van der Waals surface area contributed by atoms with Gasteiger partial charge in [-0.05, 0) is 47.0 Å². The van der Waals surface area contributed by atoms with E-state index in [-0.39, 0.29) is 22.1 Å². The number of nitrogens with two attached hydrogens (primary N) is 3. The lowest BCUT2D eigenvalue weighted by Crippen LogP contribution is -2.20. The molecule has 2 amide bonds. The quantitative estimate of drug-likeness (QED) is 0.320. The first-order valence-electron chi connectivity index (χ1n) is 9.51. The Hall–Kier alpha value is -3.95. The number of primary sulfonamides is 1. The van der Waals surface area contributed by atoms with Crippen molar-refractivity contribution in [1.29, 1.82) is 0 Å². The molecule has 32 heavy (non-hydrogen) atoms. The monoisotopic (exact) mass is 450 g/mol. The van der Waals surface area contributed by atoms with Gasteiger partial charge >= 0.3 is 0 Å². The van der Waals surface area contributed by atoms with E-state index in [1.165, 1.54) is 42.5 Å². The number of amides is 2. The number of carbonyl (C=O) groups excluding carboxylic acids is 2. The molecule has 0 unspecified atom stereocenters. The topological polar surface area (TPSA) is 158 Å². The predicted molar refractivity (Wildman–Crippen MR) is 124 cm³/mol. The third kappa shape index (κ3) is 5.60. The Morgan fingerprint density at radius 2 is 1.62 bits per heavy atom. The van der Waals surface area contributed by atoms with E-state index in [1.807, 2.05) is 30.3 Å². The van der Waals surface area contributed by atoms with Crippen LogP contribution in [-0.4, -0.2) is 20.2 Å². The number of sulfonamides is 1. The van der Waals surface area contributed by atoms with Gasteiger partial charge in [0.2, 0.25) is 15.9 Å². The molecule has 0 heterocycles. The van der Waals surface area contributed by atoms with Gasteiger partial charge in [0.25, 0.3) is 5.91 Å². The van der Waals surface area contributed by atoms with Crippen molar-refractivity contribution in [2.45, 2.75) is 11.4 Å². The number of benzene rings is 3. The molecule has 0 saturated heterocycles. The Morgan fingerprint density at radius 3 is 2.22 bits per heavy atom. The first-order chi connectivity index (χ1) is 15.1. The minimum atomic E-state index is -3.85. The van der Waals surface area contributed by atoms with Gasteiger partial charge in [0.15, 0.2) is 0 Å². The number of nitrogen functional groups attached to an aromatic ring is 1. The molecule has 0 fully saturated rings. The largest absolute Gasteiger partial charge is 0.398 e. The third-order valence-corrected chi connectivity index (χ3v) is 5.63. The van der Waals surface area contributed by atoms with Crippen molar-refractivity contribution in [3.05, 3.63) is 89.5 Å². The van der Waals surface area contributed by atoms with Gasteiger partial charge in [-0.25, -0.2) is 13.6 Å². The summed E-state index contributed by atoms with van der Waals surface area (Å²) < 4.78 is 23.0. The Morgan fingerprint density at radius 1 is 0.969 bits per heavy atom. The molecule has 164 valence electrons. The van der Waals surface area contributed by atoms with E-state index >= 15 is 0 Å². The summed E-state index contributed by atoms with van der Waals surface area (Å²) in [5.74, 6) is -1.04. The lowest BCUT2D eigenvalue weighted by atomic mass is 9.96. The Balaban J connectivity index is 1.88. The van der Waals surface area contributed by atoms with E-state index < -0.39 is 15.9 Å². The normalized spacial score (nSPS) is 11.4. The summed E-state index contributed by atoms with van der Waals surface area (Å²) >= 11 is 0. The molecule has 0 spiro atoms. The fraction of sp³-hybridized carbons (Fsp3) is 0.0435. The first kappa shape index (κ1) is 22.7. The molecule has 0 aliphatic rings. The van der Waals surface area contributed by atoms with Gasteiger partial charge in [-0.2, -0.15) is 0 Å². The maximum absolute atomic E-state index is 12.2. The Bertz CT molecular complexity index is 1290. The van der Waals surface area contributed by atoms with Crippen LogP contribution in [-0.2, 0) is 21.4 Å². The second kappa shape index (κ2) is 9.46. The van der Waals surface area contributed by atoms with Gasteiger partial charge in [-0.3, -0.25) is 9.59 Å². The molecule has 9 heteroatoms. The number of carbonyl (C=O) groups is 2. The number of hydrogen-bond donors (Lipinski definition) is 4. The van der Waals surface area contributed by atoms with E-state index in [9.17, 15) is 18.0 Å². The minimum Gasteiger partial charge on any atom is -0.398 e. The van der Waals surface area contributed by atoms with Gasteiger partial charge in [0, 0.05) is 18.2 Å². The average molecular weight is 451 g/mol. The summed E-state index contributed by atoms with van der Waals surface area (Å²) in [5, 5.41) is 7.91. The standard InChI is InChI=1S/C23H22N4O4S/c24-22-19(17-7-9-18(10-8-17)32(26,30)31)12-16(13-20(22)23(25)29)6-11-21(28)27-14-15-4-2-1-3-5-15/h1-13H,14,24H2,(H2,25,29)(H,27,28)(H2,26,30,31). The predicted octanol–water partition coefficient (Wildman–Crippen LogP) is 2.01. The van der Waals surface area contributed by atoms with Gasteiger partial charge in [0.1, 0.15) is 0 Å². The first-order valence-corrected chi connectivity index (χ1v) is 11.1. The van der Waals surface area contributed by atoms with E-state index in [1.54, 1.807) is 6.07 Å². The maximum Gasteiger partial charge on any atom is 0.250 e. The van der Waals surface area contributed by atoms with Gasteiger partial charge in [-0.1, -0.05) is 42.5 Å². The molecule has 0 bridgehead atoms. The smallest absolute Gasteiger partial charge is 0.250 e. The Kier molecular flexibility index (Phi) is 6.72. The van der Waals surface area contributed by atoms with Crippen LogP contribution in [0.15, 0.2) is 77.7 Å². The Labute approximate surface area is 185 Å². The molecule has 8 nitrogen and oxygen atoms in total. The van der Waals surface area contributed by atoms with E-state index in [2.05, 4.69) is 5.32 Å².